The summed E-state index contributed by atoms with van der Waals surface area (Å²) in [6, 6.07) is 29.1. The van der Waals surface area contributed by atoms with Crippen LogP contribution in [-0.2, 0) is 17.1 Å². The molecule has 0 fully saturated rings. The first-order valence-corrected chi connectivity index (χ1v) is 12.8. The minimum Gasteiger partial charge on any atom is -0.545 e. The maximum atomic E-state index is 12.0. The number of hydrogen-bond donors (Lipinski definition) is 4. The van der Waals surface area contributed by atoms with Gasteiger partial charge in [0, 0.05) is 48.4 Å². The van der Waals surface area contributed by atoms with E-state index in [4.69, 9.17) is 22.9 Å². The molecule has 0 unspecified atom stereocenters. The summed E-state index contributed by atoms with van der Waals surface area (Å²) in [6.45, 7) is 2.39. The quantitative estimate of drug-likeness (QED) is 0.154. The van der Waals surface area contributed by atoms with Gasteiger partial charge < -0.3 is 42.7 Å². The summed E-state index contributed by atoms with van der Waals surface area (Å²) in [6.07, 6.45) is 0. The van der Waals surface area contributed by atoms with Crippen molar-refractivity contribution in [1.29, 1.82) is 0 Å². The number of carboxylic acids is 2. The van der Waals surface area contributed by atoms with Crippen molar-refractivity contribution >= 4 is 23.5 Å². The number of nitrogens with two attached hydrogens (primary N) is 4. The van der Waals surface area contributed by atoms with E-state index < -0.39 is 11.9 Å². The van der Waals surface area contributed by atoms with Gasteiger partial charge >= 0.3 is 17.1 Å². The smallest absolute Gasteiger partial charge is 0.545 e. The number of carbonyl (C=O) groups excluding carboxylic acids is 4. The van der Waals surface area contributed by atoms with Crippen LogP contribution < -0.4 is 33.1 Å². The summed E-state index contributed by atoms with van der Waals surface area (Å²) < 4.78 is 0. The van der Waals surface area contributed by atoms with E-state index in [1.165, 1.54) is 48.5 Å². The maximum Gasteiger partial charge on any atom is 2.00 e. The molecule has 0 saturated heterocycles. The monoisotopic (exact) mass is 633 g/mol. The Bertz CT molecular complexity index is 1270. The second-order valence-electron chi connectivity index (χ2n) is 8.27. The normalized spacial score (nSPS) is 9.21. The Morgan fingerprint density at radius 2 is 0.605 bits per heavy atom. The zero-order chi connectivity index (χ0) is 31.3. The van der Waals surface area contributed by atoms with Gasteiger partial charge in [0.15, 0.2) is 11.6 Å². The van der Waals surface area contributed by atoms with Gasteiger partial charge in [0.25, 0.3) is 0 Å². The standard InChI is InChI=1S/2C14H10O3.2C2H8N2.Cu/c2*15-13(10-4-2-1-3-5-10)11-6-8-12(9-7-11)14(16)17;2*3-1-2-4;/h2*1-9H,(H,16,17);2*1-4H2;/q;;;;+2/p-2. The van der Waals surface area contributed by atoms with Crippen molar-refractivity contribution in [1.82, 2.24) is 0 Å². The van der Waals surface area contributed by atoms with Crippen LogP contribution in [0.3, 0.4) is 0 Å². The molecule has 0 heterocycles. The molecule has 0 aromatic heterocycles. The summed E-state index contributed by atoms with van der Waals surface area (Å²) in [5.74, 6) is -2.75. The molecular formula is C32H34CuN4O6. The summed E-state index contributed by atoms with van der Waals surface area (Å²) in [5.41, 5.74) is 21.8. The van der Waals surface area contributed by atoms with E-state index >= 15 is 0 Å². The average molecular weight is 634 g/mol. The van der Waals surface area contributed by atoms with Crippen LogP contribution in [0.15, 0.2) is 109 Å². The van der Waals surface area contributed by atoms with Crippen molar-refractivity contribution in [3.63, 3.8) is 0 Å². The number of aromatic carboxylic acids is 2. The van der Waals surface area contributed by atoms with E-state index in [1.807, 2.05) is 12.1 Å². The molecule has 0 aliphatic heterocycles. The fourth-order valence-electron chi connectivity index (χ4n) is 3.03. The second-order valence-corrected chi connectivity index (χ2v) is 8.27. The predicted octanol–water partition coefficient (Wildman–Crippen LogP) is 0.367. The molecule has 4 rings (SSSR count). The molecule has 8 N–H and O–H groups in total. The fourth-order valence-corrected chi connectivity index (χ4v) is 3.03. The van der Waals surface area contributed by atoms with Gasteiger partial charge in [-0.05, 0) is 11.1 Å². The molecule has 0 atom stereocenters. The molecule has 0 aliphatic rings. The molecule has 11 heteroatoms. The van der Waals surface area contributed by atoms with Crippen LogP contribution in [0.2, 0.25) is 0 Å². The van der Waals surface area contributed by atoms with Crippen LogP contribution in [0.25, 0.3) is 0 Å². The van der Waals surface area contributed by atoms with Gasteiger partial charge in [0.2, 0.25) is 0 Å². The van der Waals surface area contributed by atoms with E-state index in [2.05, 4.69) is 0 Å². The van der Waals surface area contributed by atoms with Crippen LogP contribution in [-0.4, -0.2) is 49.7 Å². The predicted molar refractivity (Wildman–Crippen MR) is 158 cm³/mol. The Hall–Kier alpha value is -4.48. The molecule has 43 heavy (non-hydrogen) atoms. The van der Waals surface area contributed by atoms with Gasteiger partial charge in [-0.1, -0.05) is 109 Å². The Morgan fingerprint density at radius 1 is 0.395 bits per heavy atom. The Morgan fingerprint density at radius 3 is 0.814 bits per heavy atom. The van der Waals surface area contributed by atoms with Crippen molar-refractivity contribution in [3.05, 3.63) is 143 Å². The first-order valence-electron chi connectivity index (χ1n) is 12.8. The molecular weight excluding hydrogens is 600 g/mol. The molecule has 4 aromatic carbocycles. The number of carbonyl (C=O) groups is 4. The van der Waals surface area contributed by atoms with Crippen LogP contribution in [0.5, 0.6) is 0 Å². The van der Waals surface area contributed by atoms with Crippen LogP contribution in [0.1, 0.15) is 52.6 Å². The first-order chi connectivity index (χ1) is 20.2. The third-order valence-corrected chi connectivity index (χ3v) is 5.17. The van der Waals surface area contributed by atoms with Crippen molar-refractivity contribution in [3.8, 4) is 0 Å². The van der Waals surface area contributed by atoms with E-state index in [1.54, 1.807) is 48.5 Å². The summed E-state index contributed by atoms with van der Waals surface area (Å²) >= 11 is 0. The van der Waals surface area contributed by atoms with Crippen LogP contribution in [0, 0.1) is 0 Å². The maximum absolute atomic E-state index is 12.0. The molecule has 0 bridgehead atoms. The fraction of sp³-hybridized carbons (Fsp3) is 0.125. The van der Waals surface area contributed by atoms with E-state index in [0.29, 0.717) is 48.4 Å². The van der Waals surface area contributed by atoms with Gasteiger partial charge in [0.1, 0.15) is 0 Å². The molecule has 0 saturated carbocycles. The van der Waals surface area contributed by atoms with Gasteiger partial charge in [-0.25, -0.2) is 0 Å². The number of rotatable bonds is 8. The average Bonchev–Trinajstić information content (AvgIpc) is 3.05. The van der Waals surface area contributed by atoms with Crippen LogP contribution in [0.4, 0.5) is 0 Å². The Balaban J connectivity index is 0.000000646. The molecule has 1 radical (unpaired) electrons. The zero-order valence-corrected chi connectivity index (χ0v) is 24.2. The number of benzene rings is 4. The first kappa shape index (κ1) is 38.5. The number of carboxylic acid groups (broad SMARTS) is 2. The topological polar surface area (TPSA) is 218 Å². The van der Waals surface area contributed by atoms with Crippen molar-refractivity contribution in [2.24, 2.45) is 22.9 Å². The Labute approximate surface area is 261 Å². The van der Waals surface area contributed by atoms with Crippen LogP contribution >= 0.6 is 0 Å². The number of hydrogen-bond acceptors (Lipinski definition) is 10. The molecule has 229 valence electrons. The summed E-state index contributed by atoms with van der Waals surface area (Å²) in [5, 5.41) is 21.1. The summed E-state index contributed by atoms with van der Waals surface area (Å²) in [4.78, 5) is 45.0. The Kier molecular flexibility index (Phi) is 19.9. The molecule has 0 aliphatic carbocycles. The van der Waals surface area contributed by atoms with Gasteiger partial charge in [0.05, 0.1) is 11.9 Å². The van der Waals surface area contributed by atoms with Crippen molar-refractivity contribution in [2.45, 2.75) is 0 Å². The van der Waals surface area contributed by atoms with Crippen molar-refractivity contribution in [2.75, 3.05) is 26.2 Å². The zero-order valence-electron chi connectivity index (χ0n) is 23.3. The minimum atomic E-state index is -1.25. The van der Waals surface area contributed by atoms with Crippen molar-refractivity contribution < 1.29 is 46.5 Å². The summed E-state index contributed by atoms with van der Waals surface area (Å²) in [7, 11) is 0. The molecule has 0 spiro atoms. The molecule has 10 nitrogen and oxygen atoms in total. The van der Waals surface area contributed by atoms with Gasteiger partial charge in [-0.15, -0.1) is 0 Å². The van der Waals surface area contributed by atoms with E-state index in [-0.39, 0.29) is 39.8 Å². The van der Waals surface area contributed by atoms with Gasteiger partial charge in [-0.2, -0.15) is 0 Å². The minimum absolute atomic E-state index is 0. The third-order valence-electron chi connectivity index (χ3n) is 5.17. The van der Waals surface area contributed by atoms with E-state index in [0.717, 1.165) is 0 Å². The van der Waals surface area contributed by atoms with Gasteiger partial charge in [-0.3, -0.25) is 9.59 Å². The largest absolute Gasteiger partial charge is 2.00 e. The SMILES string of the molecule is NCCN.NCCN.O=C([O-])c1ccc(C(=O)c2ccccc2)cc1.O=C([O-])c1ccc(C(=O)c2ccccc2)cc1.[Cu+2]. The molecule has 0 amide bonds. The second kappa shape index (κ2) is 22.2. The van der Waals surface area contributed by atoms with E-state index in [9.17, 15) is 29.4 Å². The number of ketones is 2. The molecule has 4 aromatic rings. The third kappa shape index (κ3) is 14.3.